The van der Waals surface area contributed by atoms with Crippen molar-refractivity contribution in [3.8, 4) is 0 Å². The zero-order valence-corrected chi connectivity index (χ0v) is 15.9. The number of amides is 2. The van der Waals surface area contributed by atoms with Crippen LogP contribution >= 0.6 is 0 Å². The van der Waals surface area contributed by atoms with Gasteiger partial charge >= 0.3 is 6.03 Å². The highest BCUT2D eigenvalue weighted by atomic mass is 16.5. The van der Waals surface area contributed by atoms with Crippen LogP contribution < -0.4 is 5.32 Å². The van der Waals surface area contributed by atoms with Crippen LogP contribution in [-0.4, -0.2) is 52.2 Å². The lowest BCUT2D eigenvalue weighted by molar-refractivity contribution is 0.142. The first-order chi connectivity index (χ1) is 14.3. The lowest BCUT2D eigenvalue weighted by Crippen LogP contribution is -2.49. The lowest BCUT2D eigenvalue weighted by Gasteiger charge is -2.34. The van der Waals surface area contributed by atoms with Crippen molar-refractivity contribution in [2.75, 3.05) is 31.5 Å². The Balaban J connectivity index is 1.19. The Morgan fingerprint density at radius 1 is 0.966 bits per heavy atom. The number of piperazine rings is 1. The number of nitrogens with zero attached hydrogens (tertiary/aromatic N) is 4. The molecule has 7 nitrogen and oxygen atoms in total. The van der Waals surface area contributed by atoms with Crippen LogP contribution in [0.25, 0.3) is 21.9 Å². The smallest absolute Gasteiger partial charge is 0.323 e. The van der Waals surface area contributed by atoms with E-state index in [4.69, 9.17) is 9.51 Å². The number of hydrogen-bond acceptors (Lipinski definition) is 5. The number of hydrogen-bond donors (Lipinski definition) is 1. The van der Waals surface area contributed by atoms with Gasteiger partial charge in [0, 0.05) is 38.1 Å². The first-order valence-corrected chi connectivity index (χ1v) is 9.74. The average molecular weight is 387 g/mol. The summed E-state index contributed by atoms with van der Waals surface area (Å²) in [6.07, 6.45) is 0. The van der Waals surface area contributed by atoms with Crippen LogP contribution in [0.3, 0.4) is 0 Å². The number of fused-ring (bicyclic) bond motifs is 2. The molecule has 0 spiro atoms. The largest absolute Gasteiger partial charge is 0.354 e. The molecule has 146 valence electrons. The van der Waals surface area contributed by atoms with Gasteiger partial charge in [0.15, 0.2) is 11.4 Å². The minimum Gasteiger partial charge on any atom is -0.354 e. The number of urea groups is 1. The fourth-order valence-electron chi connectivity index (χ4n) is 3.69. The molecule has 1 N–H and O–H groups in total. The number of benzene rings is 2. The zero-order chi connectivity index (χ0) is 19.6. The Bertz CT molecular complexity index is 1160. The van der Waals surface area contributed by atoms with E-state index in [1.54, 1.807) is 0 Å². The molecule has 0 atom stereocenters. The number of para-hydroxylation sites is 2. The van der Waals surface area contributed by atoms with E-state index in [0.29, 0.717) is 24.5 Å². The van der Waals surface area contributed by atoms with E-state index in [2.05, 4.69) is 33.6 Å². The summed E-state index contributed by atoms with van der Waals surface area (Å²) in [7, 11) is 0. The number of carbonyl (C=O) groups is 1. The summed E-state index contributed by atoms with van der Waals surface area (Å²) in [6, 6.07) is 19.7. The monoisotopic (exact) mass is 387 g/mol. The van der Waals surface area contributed by atoms with Crippen molar-refractivity contribution < 1.29 is 9.32 Å². The summed E-state index contributed by atoms with van der Waals surface area (Å²) >= 11 is 0. The van der Waals surface area contributed by atoms with E-state index in [1.165, 1.54) is 0 Å². The van der Waals surface area contributed by atoms with Gasteiger partial charge in [-0.2, -0.15) is 0 Å². The summed E-state index contributed by atoms with van der Waals surface area (Å²) < 4.78 is 5.25. The van der Waals surface area contributed by atoms with E-state index in [-0.39, 0.29) is 6.03 Å². The minimum atomic E-state index is -0.146. The highest BCUT2D eigenvalue weighted by molar-refractivity contribution is 5.98. The van der Waals surface area contributed by atoms with Crippen LogP contribution in [0.2, 0.25) is 0 Å². The third-order valence-corrected chi connectivity index (χ3v) is 5.30. The summed E-state index contributed by atoms with van der Waals surface area (Å²) in [5, 5.41) is 8.80. The van der Waals surface area contributed by atoms with Gasteiger partial charge in [0.2, 0.25) is 0 Å². The van der Waals surface area contributed by atoms with E-state index >= 15 is 0 Å². The first-order valence-electron chi connectivity index (χ1n) is 9.74. The molecule has 0 aliphatic carbocycles. The Hall–Kier alpha value is -3.45. The van der Waals surface area contributed by atoms with Crippen molar-refractivity contribution >= 4 is 33.7 Å². The standard InChI is InChI=1S/C22H21N5O2/c28-22(24-21-18-6-2-4-8-20(18)29-25-21)27-13-11-26(12-14-27)15-17-10-9-16-5-1-3-7-19(16)23-17/h1-10H,11-15H2,(H,24,25,28). The van der Waals surface area contributed by atoms with Gasteiger partial charge in [-0.05, 0) is 24.3 Å². The summed E-state index contributed by atoms with van der Waals surface area (Å²) in [6.45, 7) is 3.72. The fraction of sp³-hybridized carbons (Fsp3) is 0.227. The van der Waals surface area contributed by atoms with Crippen molar-refractivity contribution in [1.29, 1.82) is 0 Å². The molecule has 2 amide bonds. The van der Waals surface area contributed by atoms with E-state index < -0.39 is 0 Å². The second kappa shape index (κ2) is 7.52. The highest BCUT2D eigenvalue weighted by Gasteiger charge is 2.22. The highest BCUT2D eigenvalue weighted by Crippen LogP contribution is 2.22. The number of nitrogens with one attached hydrogen (secondary N) is 1. The van der Waals surface area contributed by atoms with Gasteiger partial charge < -0.3 is 9.42 Å². The summed E-state index contributed by atoms with van der Waals surface area (Å²) in [5.74, 6) is 0.466. The molecule has 1 aliphatic rings. The maximum absolute atomic E-state index is 12.6. The first kappa shape index (κ1) is 17.6. The molecule has 0 radical (unpaired) electrons. The molecule has 1 fully saturated rings. The topological polar surface area (TPSA) is 74.5 Å². The molecule has 0 saturated carbocycles. The van der Waals surface area contributed by atoms with Gasteiger partial charge in [0.25, 0.3) is 0 Å². The molecule has 3 heterocycles. The van der Waals surface area contributed by atoms with Crippen molar-refractivity contribution in [3.63, 3.8) is 0 Å². The Morgan fingerprint density at radius 3 is 2.66 bits per heavy atom. The van der Waals surface area contributed by atoms with Crippen LogP contribution in [0.15, 0.2) is 65.2 Å². The molecular weight excluding hydrogens is 366 g/mol. The molecule has 1 aliphatic heterocycles. The number of rotatable bonds is 3. The van der Waals surface area contributed by atoms with Crippen molar-refractivity contribution in [1.82, 2.24) is 19.9 Å². The molecule has 0 unspecified atom stereocenters. The number of pyridine rings is 1. The van der Waals surface area contributed by atoms with Gasteiger partial charge in [0.05, 0.1) is 16.6 Å². The van der Waals surface area contributed by atoms with E-state index in [0.717, 1.165) is 41.6 Å². The van der Waals surface area contributed by atoms with Gasteiger partial charge in [-0.3, -0.25) is 15.2 Å². The predicted molar refractivity (Wildman–Crippen MR) is 112 cm³/mol. The molecular formula is C22H21N5O2. The molecule has 4 aromatic rings. The van der Waals surface area contributed by atoms with Gasteiger partial charge in [-0.15, -0.1) is 0 Å². The van der Waals surface area contributed by atoms with Crippen LogP contribution in [0.4, 0.5) is 10.6 Å². The molecule has 2 aromatic carbocycles. The molecule has 29 heavy (non-hydrogen) atoms. The Kier molecular flexibility index (Phi) is 4.57. The SMILES string of the molecule is O=C(Nc1noc2ccccc12)N1CCN(Cc2ccc3ccccc3n2)CC1. The molecule has 0 bridgehead atoms. The van der Waals surface area contributed by atoms with Crippen LogP contribution in [0.1, 0.15) is 5.69 Å². The Morgan fingerprint density at radius 2 is 1.76 bits per heavy atom. The van der Waals surface area contributed by atoms with Crippen LogP contribution in [0.5, 0.6) is 0 Å². The quantitative estimate of drug-likeness (QED) is 0.580. The maximum atomic E-state index is 12.6. The number of anilines is 1. The molecule has 7 heteroatoms. The Labute approximate surface area is 167 Å². The number of carbonyl (C=O) groups excluding carboxylic acids is 1. The predicted octanol–water partition coefficient (Wildman–Crippen LogP) is 3.73. The fourth-order valence-corrected chi connectivity index (χ4v) is 3.69. The zero-order valence-electron chi connectivity index (χ0n) is 15.9. The van der Waals surface area contributed by atoms with Crippen molar-refractivity contribution in [2.24, 2.45) is 0 Å². The third-order valence-electron chi connectivity index (χ3n) is 5.30. The lowest BCUT2D eigenvalue weighted by atomic mass is 10.2. The number of aromatic nitrogens is 2. The second-order valence-corrected chi connectivity index (χ2v) is 7.22. The van der Waals surface area contributed by atoms with Gasteiger partial charge in [-0.1, -0.05) is 41.6 Å². The maximum Gasteiger partial charge on any atom is 0.323 e. The average Bonchev–Trinajstić information content (AvgIpc) is 3.17. The summed E-state index contributed by atoms with van der Waals surface area (Å²) in [5.41, 5.74) is 2.73. The van der Waals surface area contributed by atoms with Crippen molar-refractivity contribution in [2.45, 2.75) is 6.54 Å². The van der Waals surface area contributed by atoms with Crippen molar-refractivity contribution in [3.05, 3.63) is 66.4 Å². The second-order valence-electron chi connectivity index (χ2n) is 7.22. The van der Waals surface area contributed by atoms with Crippen LogP contribution in [0, 0.1) is 0 Å². The van der Waals surface area contributed by atoms with Gasteiger partial charge in [-0.25, -0.2) is 4.79 Å². The van der Waals surface area contributed by atoms with E-state index in [1.807, 2.05) is 47.4 Å². The normalized spacial score (nSPS) is 15.1. The molecule has 2 aromatic heterocycles. The van der Waals surface area contributed by atoms with Gasteiger partial charge in [0.1, 0.15) is 0 Å². The molecule has 1 saturated heterocycles. The minimum absolute atomic E-state index is 0.146. The third kappa shape index (κ3) is 3.64. The summed E-state index contributed by atoms with van der Waals surface area (Å²) in [4.78, 5) is 21.5. The van der Waals surface area contributed by atoms with E-state index in [9.17, 15) is 4.79 Å². The molecule has 5 rings (SSSR count). The van der Waals surface area contributed by atoms with Crippen LogP contribution in [-0.2, 0) is 6.54 Å².